The van der Waals surface area contributed by atoms with E-state index in [1.165, 1.54) is 6.07 Å². The average molecular weight is 458 g/mol. The van der Waals surface area contributed by atoms with Gasteiger partial charge in [-0.1, -0.05) is 49.0 Å². The van der Waals surface area contributed by atoms with Crippen LogP contribution < -0.4 is 15.4 Å². The minimum atomic E-state index is -3.68. The second-order valence-corrected chi connectivity index (χ2v) is 9.51. The van der Waals surface area contributed by atoms with Crippen molar-refractivity contribution in [3.05, 3.63) is 57.6 Å². The summed E-state index contributed by atoms with van der Waals surface area (Å²) >= 11 is 12.2. The van der Waals surface area contributed by atoms with E-state index in [9.17, 15) is 13.2 Å². The fourth-order valence-electron chi connectivity index (χ4n) is 2.80. The van der Waals surface area contributed by atoms with Gasteiger partial charge in [0.2, 0.25) is 10.0 Å². The van der Waals surface area contributed by atoms with Gasteiger partial charge in [-0.3, -0.25) is 4.79 Å². The number of carbonyl (C=O) groups excluding carboxylic acids is 1. The lowest BCUT2D eigenvalue weighted by molar-refractivity contribution is 0.0981. The van der Waals surface area contributed by atoms with E-state index in [0.717, 1.165) is 18.4 Å². The van der Waals surface area contributed by atoms with Crippen molar-refractivity contribution in [2.24, 2.45) is 0 Å². The number of nitrogens with two attached hydrogens (primary N) is 1. The smallest absolute Gasteiger partial charge is 0.264 e. The van der Waals surface area contributed by atoms with Crippen molar-refractivity contribution in [1.29, 1.82) is 0 Å². The molecule has 6 nitrogen and oxygen atoms in total. The molecule has 0 unspecified atom stereocenters. The van der Waals surface area contributed by atoms with E-state index in [1.54, 1.807) is 31.3 Å². The Morgan fingerprint density at radius 3 is 2.52 bits per heavy atom. The maximum absolute atomic E-state index is 12.4. The summed E-state index contributed by atoms with van der Waals surface area (Å²) in [6, 6.07) is 9.86. The molecular formula is C20H25Cl2N3O3S. The van der Waals surface area contributed by atoms with Gasteiger partial charge >= 0.3 is 0 Å². The fourth-order valence-corrected chi connectivity index (χ4v) is 4.35. The number of rotatable bonds is 9. The van der Waals surface area contributed by atoms with Crippen molar-refractivity contribution in [2.45, 2.75) is 32.7 Å². The predicted octanol–water partition coefficient (Wildman–Crippen LogP) is 4.46. The minimum Gasteiger partial charge on any atom is -0.397 e. The molecule has 0 aliphatic rings. The molecule has 2 aromatic carbocycles. The van der Waals surface area contributed by atoms with Crippen LogP contribution in [0.1, 0.15) is 42.1 Å². The van der Waals surface area contributed by atoms with E-state index in [0.29, 0.717) is 34.4 Å². The van der Waals surface area contributed by atoms with Crippen LogP contribution in [0.4, 0.5) is 11.4 Å². The van der Waals surface area contributed by atoms with Gasteiger partial charge in [0.05, 0.1) is 17.1 Å². The molecule has 0 aromatic heterocycles. The summed E-state index contributed by atoms with van der Waals surface area (Å²) in [4.78, 5) is 14.3. The molecule has 0 bridgehead atoms. The molecule has 0 saturated heterocycles. The predicted molar refractivity (Wildman–Crippen MR) is 120 cm³/mol. The Labute approximate surface area is 182 Å². The zero-order valence-electron chi connectivity index (χ0n) is 16.4. The number of anilines is 2. The van der Waals surface area contributed by atoms with E-state index < -0.39 is 15.9 Å². The third kappa shape index (κ3) is 6.80. The second kappa shape index (κ2) is 10.2. The van der Waals surface area contributed by atoms with E-state index in [-0.39, 0.29) is 11.3 Å². The van der Waals surface area contributed by atoms with Crippen LogP contribution in [0.5, 0.6) is 0 Å². The zero-order chi connectivity index (χ0) is 21.6. The van der Waals surface area contributed by atoms with Crippen LogP contribution in [0.15, 0.2) is 36.4 Å². The zero-order valence-corrected chi connectivity index (χ0v) is 18.7. The minimum absolute atomic E-state index is 0.0800. The molecule has 0 atom stereocenters. The van der Waals surface area contributed by atoms with Crippen molar-refractivity contribution in [3.8, 4) is 0 Å². The normalized spacial score (nSPS) is 11.3. The molecule has 3 N–H and O–H groups in total. The summed E-state index contributed by atoms with van der Waals surface area (Å²) in [6.45, 7) is 2.41. The molecule has 9 heteroatoms. The monoisotopic (exact) mass is 457 g/mol. The highest BCUT2D eigenvalue weighted by molar-refractivity contribution is 7.90. The van der Waals surface area contributed by atoms with Crippen LogP contribution >= 0.6 is 23.2 Å². The average Bonchev–Trinajstić information content (AvgIpc) is 2.64. The Bertz CT molecular complexity index is 981. The van der Waals surface area contributed by atoms with Crippen molar-refractivity contribution in [3.63, 3.8) is 0 Å². The maximum atomic E-state index is 12.4. The molecule has 2 rings (SSSR count). The number of unbranched alkanes of at least 4 members (excludes halogenated alkanes) is 2. The molecule has 0 spiro atoms. The van der Waals surface area contributed by atoms with Crippen molar-refractivity contribution >= 4 is 50.5 Å². The third-order valence-electron chi connectivity index (χ3n) is 4.39. The number of hydrogen-bond acceptors (Lipinski definition) is 5. The molecule has 0 saturated carbocycles. The molecule has 0 aliphatic carbocycles. The van der Waals surface area contributed by atoms with Crippen LogP contribution in [0, 0.1) is 0 Å². The third-order valence-corrected chi connectivity index (χ3v) is 6.30. The Hall–Kier alpha value is -1.96. The van der Waals surface area contributed by atoms with E-state index in [2.05, 4.69) is 4.72 Å². The van der Waals surface area contributed by atoms with Crippen molar-refractivity contribution < 1.29 is 13.2 Å². The van der Waals surface area contributed by atoms with Crippen LogP contribution in [0.25, 0.3) is 0 Å². The highest BCUT2D eigenvalue weighted by Crippen LogP contribution is 2.28. The number of halogens is 2. The number of nitrogens with one attached hydrogen (secondary N) is 1. The van der Waals surface area contributed by atoms with Gasteiger partial charge in [-0.25, -0.2) is 13.1 Å². The number of sulfonamides is 1. The Morgan fingerprint density at radius 1 is 1.14 bits per heavy atom. The maximum Gasteiger partial charge on any atom is 0.264 e. The number of benzene rings is 2. The van der Waals surface area contributed by atoms with E-state index in [4.69, 9.17) is 28.9 Å². The topological polar surface area (TPSA) is 92.5 Å². The van der Waals surface area contributed by atoms with Gasteiger partial charge in [0.25, 0.3) is 5.91 Å². The highest BCUT2D eigenvalue weighted by atomic mass is 35.5. The first kappa shape index (κ1) is 23.3. The molecule has 29 heavy (non-hydrogen) atoms. The summed E-state index contributed by atoms with van der Waals surface area (Å²) in [5.74, 6) is -0.760. The fraction of sp³-hybridized carbons (Fsp3) is 0.350. The van der Waals surface area contributed by atoms with Gasteiger partial charge in [0, 0.05) is 29.2 Å². The van der Waals surface area contributed by atoms with Crippen LogP contribution in [-0.2, 0) is 16.6 Å². The van der Waals surface area contributed by atoms with Gasteiger partial charge in [0.1, 0.15) is 0 Å². The van der Waals surface area contributed by atoms with Crippen LogP contribution in [0.2, 0.25) is 10.0 Å². The quantitative estimate of drug-likeness (QED) is 0.428. The second-order valence-electron chi connectivity index (χ2n) is 6.82. The van der Waals surface area contributed by atoms with E-state index >= 15 is 0 Å². The summed E-state index contributed by atoms with van der Waals surface area (Å²) in [5, 5.41) is 1.06. The largest absolute Gasteiger partial charge is 0.397 e. The summed E-state index contributed by atoms with van der Waals surface area (Å²) in [5.41, 5.74) is 8.17. The molecule has 0 heterocycles. The number of nitrogens with zero attached hydrogens (tertiary/aromatic N) is 1. The van der Waals surface area contributed by atoms with Gasteiger partial charge in [-0.2, -0.15) is 0 Å². The summed E-state index contributed by atoms with van der Waals surface area (Å²) in [6.07, 6.45) is 2.20. The number of nitrogen functional groups attached to an aromatic ring is 1. The summed E-state index contributed by atoms with van der Waals surface area (Å²) in [7, 11) is -1.87. The lowest BCUT2D eigenvalue weighted by Gasteiger charge is -2.22. The standard InChI is InChI=1S/C20H25Cl2N3O3S/c1-3-4-5-10-29(27,28)24-20(26)14-7-9-18(23)19(11-14)25(2)13-15-6-8-16(21)12-17(15)22/h6-9,11-12H,3-5,10,13,23H2,1-2H3,(H,24,26). The van der Waals surface area contributed by atoms with Crippen LogP contribution in [-0.4, -0.2) is 27.1 Å². The van der Waals surface area contributed by atoms with Crippen LogP contribution in [0.3, 0.4) is 0 Å². The van der Waals surface area contributed by atoms with Gasteiger partial charge in [0.15, 0.2) is 0 Å². The number of hydrogen-bond donors (Lipinski definition) is 2. The molecule has 0 aliphatic heterocycles. The molecule has 1 amide bonds. The van der Waals surface area contributed by atoms with E-state index in [1.807, 2.05) is 17.9 Å². The lowest BCUT2D eigenvalue weighted by atomic mass is 10.1. The van der Waals surface area contributed by atoms with Crippen molar-refractivity contribution in [1.82, 2.24) is 4.72 Å². The SMILES string of the molecule is CCCCCS(=O)(=O)NC(=O)c1ccc(N)c(N(C)Cc2ccc(Cl)cc2Cl)c1. The number of amides is 1. The Balaban J connectivity index is 2.17. The summed E-state index contributed by atoms with van der Waals surface area (Å²) < 4.78 is 26.3. The highest BCUT2D eigenvalue weighted by Gasteiger charge is 2.18. The molecular weight excluding hydrogens is 433 g/mol. The van der Waals surface area contributed by atoms with Gasteiger partial charge in [-0.15, -0.1) is 0 Å². The lowest BCUT2D eigenvalue weighted by Crippen LogP contribution is -2.32. The first-order chi connectivity index (χ1) is 13.6. The molecule has 0 radical (unpaired) electrons. The first-order valence-electron chi connectivity index (χ1n) is 9.22. The van der Waals surface area contributed by atoms with Gasteiger partial charge in [-0.05, 0) is 42.3 Å². The van der Waals surface area contributed by atoms with Gasteiger partial charge < -0.3 is 10.6 Å². The molecule has 2 aromatic rings. The Kier molecular flexibility index (Phi) is 8.19. The first-order valence-corrected chi connectivity index (χ1v) is 11.6. The molecule has 158 valence electrons. The molecule has 0 fully saturated rings. The number of carbonyl (C=O) groups is 1. The Morgan fingerprint density at radius 2 is 1.86 bits per heavy atom. The van der Waals surface area contributed by atoms with Crippen molar-refractivity contribution in [2.75, 3.05) is 23.4 Å².